The van der Waals surface area contributed by atoms with E-state index in [1.54, 1.807) is 43.3 Å². The van der Waals surface area contributed by atoms with Crippen molar-refractivity contribution in [2.75, 3.05) is 13.6 Å². The highest BCUT2D eigenvalue weighted by Crippen LogP contribution is 2.21. The fourth-order valence-corrected chi connectivity index (χ4v) is 5.70. The highest BCUT2D eigenvalue weighted by atomic mass is 35.5. The van der Waals surface area contributed by atoms with E-state index in [1.165, 1.54) is 16.3 Å². The smallest absolute Gasteiger partial charge is 0.242 e. The zero-order valence-corrected chi connectivity index (χ0v) is 21.9. The minimum Gasteiger partial charge on any atom is -0.352 e. The molecular formula is C26H34ClN3O4S. The normalized spacial score (nSPS) is 15.2. The second-order valence-corrected chi connectivity index (χ2v) is 11.5. The quantitative estimate of drug-likeness (QED) is 0.481. The van der Waals surface area contributed by atoms with Crippen molar-refractivity contribution in [3.05, 3.63) is 65.2 Å². The van der Waals surface area contributed by atoms with E-state index in [1.807, 2.05) is 18.2 Å². The fourth-order valence-electron chi connectivity index (χ4n) is 4.27. The molecule has 0 aromatic heterocycles. The lowest BCUT2D eigenvalue weighted by atomic mass is 10.1. The molecule has 2 aromatic rings. The standard InChI is InChI=1S/C26H34ClN3O4S/c1-20(26(32)28-22-12-7-8-13-22)30(19-21-11-6-9-16-24(21)27)25(31)17-10-18-29(2)35(33,34)23-14-4-3-5-15-23/h3-6,9,11,14-16,20,22H,7-8,10,12-13,17-19H2,1-2H3,(H,28,32)/t20-/m0/s1. The number of sulfonamides is 1. The van der Waals surface area contributed by atoms with Crippen LogP contribution in [0.1, 0.15) is 51.0 Å². The van der Waals surface area contributed by atoms with Gasteiger partial charge in [-0.1, -0.05) is 60.8 Å². The van der Waals surface area contributed by atoms with E-state index >= 15 is 0 Å². The number of amides is 2. The third-order valence-electron chi connectivity index (χ3n) is 6.48. The second kappa shape index (κ2) is 12.5. The summed E-state index contributed by atoms with van der Waals surface area (Å²) in [4.78, 5) is 28.0. The first-order valence-corrected chi connectivity index (χ1v) is 13.9. The van der Waals surface area contributed by atoms with Crippen LogP contribution in [0.5, 0.6) is 0 Å². The summed E-state index contributed by atoms with van der Waals surface area (Å²) in [5, 5.41) is 3.60. The number of halogens is 1. The van der Waals surface area contributed by atoms with Crippen LogP contribution in [0.25, 0.3) is 0 Å². The molecule has 0 radical (unpaired) electrons. The van der Waals surface area contributed by atoms with Crippen molar-refractivity contribution in [1.29, 1.82) is 0 Å². The van der Waals surface area contributed by atoms with Crippen LogP contribution in [-0.2, 0) is 26.2 Å². The molecule has 0 unspecified atom stereocenters. The van der Waals surface area contributed by atoms with E-state index in [0.29, 0.717) is 11.4 Å². The molecule has 7 nitrogen and oxygen atoms in total. The van der Waals surface area contributed by atoms with Crippen molar-refractivity contribution in [3.8, 4) is 0 Å². The largest absolute Gasteiger partial charge is 0.352 e. The molecule has 0 aliphatic heterocycles. The predicted molar refractivity (Wildman–Crippen MR) is 137 cm³/mol. The molecule has 35 heavy (non-hydrogen) atoms. The van der Waals surface area contributed by atoms with Crippen molar-refractivity contribution >= 4 is 33.4 Å². The fraction of sp³-hybridized carbons (Fsp3) is 0.462. The van der Waals surface area contributed by atoms with E-state index in [9.17, 15) is 18.0 Å². The second-order valence-electron chi connectivity index (χ2n) is 9.02. The first-order valence-electron chi connectivity index (χ1n) is 12.0. The Labute approximate surface area is 213 Å². The van der Waals surface area contributed by atoms with Gasteiger partial charge in [-0.3, -0.25) is 9.59 Å². The molecule has 0 spiro atoms. The minimum atomic E-state index is -3.63. The first kappa shape index (κ1) is 27.2. The lowest BCUT2D eigenvalue weighted by molar-refractivity contribution is -0.141. The Morgan fingerprint density at radius 1 is 1.06 bits per heavy atom. The van der Waals surface area contributed by atoms with Gasteiger partial charge in [0.1, 0.15) is 6.04 Å². The van der Waals surface area contributed by atoms with E-state index < -0.39 is 16.1 Å². The van der Waals surface area contributed by atoms with Gasteiger partial charge in [0, 0.05) is 37.6 Å². The third kappa shape index (κ3) is 7.29. The Hall–Kier alpha value is -2.42. The maximum Gasteiger partial charge on any atom is 0.242 e. The molecule has 1 N–H and O–H groups in total. The van der Waals surface area contributed by atoms with Gasteiger partial charge in [-0.2, -0.15) is 0 Å². The van der Waals surface area contributed by atoms with Gasteiger partial charge < -0.3 is 10.2 Å². The Morgan fingerprint density at radius 3 is 2.34 bits per heavy atom. The van der Waals surface area contributed by atoms with Gasteiger partial charge >= 0.3 is 0 Å². The predicted octanol–water partition coefficient (Wildman–Crippen LogP) is 4.22. The van der Waals surface area contributed by atoms with Gasteiger partial charge in [0.05, 0.1) is 4.90 Å². The zero-order valence-electron chi connectivity index (χ0n) is 20.3. The number of nitrogens with zero attached hydrogens (tertiary/aromatic N) is 2. The summed E-state index contributed by atoms with van der Waals surface area (Å²) in [7, 11) is -2.12. The Bertz CT molecular complexity index is 1100. The maximum atomic E-state index is 13.3. The molecule has 1 fully saturated rings. The molecule has 0 bridgehead atoms. The van der Waals surface area contributed by atoms with Crippen molar-refractivity contribution in [2.45, 2.75) is 69.0 Å². The van der Waals surface area contributed by atoms with Crippen LogP contribution in [0.15, 0.2) is 59.5 Å². The first-order chi connectivity index (χ1) is 16.7. The van der Waals surface area contributed by atoms with Crippen LogP contribution in [0.3, 0.4) is 0 Å². The average Bonchev–Trinajstić information content (AvgIpc) is 3.36. The van der Waals surface area contributed by atoms with E-state index in [2.05, 4.69) is 5.32 Å². The number of nitrogens with one attached hydrogen (secondary N) is 1. The summed E-state index contributed by atoms with van der Waals surface area (Å²) >= 11 is 6.34. The number of hydrogen-bond donors (Lipinski definition) is 1. The van der Waals surface area contributed by atoms with Gasteiger partial charge in [0.15, 0.2) is 0 Å². The molecule has 190 valence electrons. The highest BCUT2D eigenvalue weighted by Gasteiger charge is 2.29. The minimum absolute atomic E-state index is 0.111. The van der Waals surface area contributed by atoms with Gasteiger partial charge in [0.25, 0.3) is 0 Å². The van der Waals surface area contributed by atoms with Gasteiger partial charge in [-0.25, -0.2) is 12.7 Å². The molecule has 2 aromatic carbocycles. The monoisotopic (exact) mass is 519 g/mol. The SMILES string of the molecule is C[C@@H](C(=O)NC1CCCC1)N(Cc1ccccc1Cl)C(=O)CCCN(C)S(=O)(=O)c1ccccc1. The van der Waals surface area contributed by atoms with Gasteiger partial charge in [-0.05, 0) is 49.9 Å². The van der Waals surface area contributed by atoms with Crippen LogP contribution in [0.2, 0.25) is 5.02 Å². The van der Waals surface area contributed by atoms with Crippen molar-refractivity contribution in [3.63, 3.8) is 0 Å². The summed E-state index contributed by atoms with van der Waals surface area (Å²) in [6, 6.07) is 14.9. The molecule has 3 rings (SSSR count). The summed E-state index contributed by atoms with van der Waals surface area (Å²) in [6.07, 6.45) is 4.55. The molecule has 0 saturated heterocycles. The Morgan fingerprint density at radius 2 is 1.69 bits per heavy atom. The highest BCUT2D eigenvalue weighted by molar-refractivity contribution is 7.89. The van der Waals surface area contributed by atoms with Gasteiger partial charge in [0.2, 0.25) is 21.8 Å². The molecular weight excluding hydrogens is 486 g/mol. The van der Waals surface area contributed by atoms with E-state index in [0.717, 1.165) is 31.2 Å². The van der Waals surface area contributed by atoms with E-state index in [-0.39, 0.29) is 42.3 Å². The number of hydrogen-bond acceptors (Lipinski definition) is 4. The molecule has 1 aliphatic carbocycles. The van der Waals surface area contributed by atoms with Crippen molar-refractivity contribution in [2.24, 2.45) is 0 Å². The molecule has 1 aliphatic rings. The average molecular weight is 520 g/mol. The van der Waals surface area contributed by atoms with Crippen LogP contribution in [0.4, 0.5) is 0 Å². The van der Waals surface area contributed by atoms with E-state index in [4.69, 9.17) is 11.6 Å². The summed E-state index contributed by atoms with van der Waals surface area (Å²) < 4.78 is 26.7. The molecule has 1 saturated carbocycles. The van der Waals surface area contributed by atoms with Gasteiger partial charge in [-0.15, -0.1) is 0 Å². The van der Waals surface area contributed by atoms with Crippen LogP contribution in [0, 0.1) is 0 Å². The van der Waals surface area contributed by atoms with Crippen LogP contribution in [-0.4, -0.2) is 55.1 Å². The molecule has 9 heteroatoms. The topological polar surface area (TPSA) is 86.8 Å². The van der Waals surface area contributed by atoms with Crippen molar-refractivity contribution in [1.82, 2.24) is 14.5 Å². The summed E-state index contributed by atoms with van der Waals surface area (Å²) in [5.41, 5.74) is 0.756. The lowest BCUT2D eigenvalue weighted by Gasteiger charge is -2.30. The number of carbonyl (C=O) groups excluding carboxylic acids is 2. The molecule has 0 heterocycles. The van der Waals surface area contributed by atoms with Crippen LogP contribution < -0.4 is 5.32 Å². The Kier molecular flexibility index (Phi) is 9.71. The molecule has 2 amide bonds. The third-order valence-corrected chi connectivity index (χ3v) is 8.72. The summed E-state index contributed by atoms with van der Waals surface area (Å²) in [6.45, 7) is 2.12. The number of rotatable bonds is 11. The zero-order chi connectivity index (χ0) is 25.4. The number of carbonyl (C=O) groups is 2. The van der Waals surface area contributed by atoms with Crippen LogP contribution >= 0.6 is 11.6 Å². The summed E-state index contributed by atoms with van der Waals surface area (Å²) in [5.74, 6) is -0.398. The Balaban J connectivity index is 1.66. The lowest BCUT2D eigenvalue weighted by Crippen LogP contribution is -2.49. The maximum absolute atomic E-state index is 13.3. The van der Waals surface area contributed by atoms with Crippen molar-refractivity contribution < 1.29 is 18.0 Å². The number of benzene rings is 2. The molecule has 1 atom stereocenters.